The Labute approximate surface area is 152 Å². The van der Waals surface area contributed by atoms with Gasteiger partial charge in [0.2, 0.25) is 0 Å². The molecule has 0 bridgehead atoms. The molecule has 1 fully saturated rings. The van der Waals surface area contributed by atoms with E-state index in [1.54, 1.807) is 31.4 Å². The number of carbonyl (C=O) groups is 1. The molecule has 0 radical (unpaired) electrons. The van der Waals surface area contributed by atoms with Gasteiger partial charge in [0.25, 0.3) is 0 Å². The lowest BCUT2D eigenvalue weighted by atomic mass is 9.86. The van der Waals surface area contributed by atoms with Gasteiger partial charge in [0.05, 0.1) is 7.11 Å². The third-order valence-electron chi connectivity index (χ3n) is 4.44. The van der Waals surface area contributed by atoms with Gasteiger partial charge in [-0.3, -0.25) is 0 Å². The monoisotopic (exact) mass is 359 g/mol. The molecular weight excluding hydrogens is 338 g/mol. The molecule has 2 aromatic carbocycles. The number of rotatable bonds is 4. The average Bonchev–Trinajstić information content (AvgIpc) is 2.64. The Kier molecular flexibility index (Phi) is 5.79. The van der Waals surface area contributed by atoms with Gasteiger partial charge in [-0.25, -0.2) is 4.79 Å². The van der Waals surface area contributed by atoms with Crippen LogP contribution >= 0.6 is 11.6 Å². The van der Waals surface area contributed by atoms with Crippen molar-refractivity contribution in [3.05, 3.63) is 59.1 Å². The standard InChI is InChI=1S/C19H22ClN3O2/c1-25-16-8-2-13(3-9-16)17-10-11-21-12-18(17)23-19(24)22-15-6-4-14(20)5-7-15/h2-9,17-18,21H,10-12H2,1H3,(H2,22,23,24)/t17?,18-/m1/s1. The van der Waals surface area contributed by atoms with Crippen molar-refractivity contribution in [2.24, 2.45) is 0 Å². The van der Waals surface area contributed by atoms with Crippen molar-refractivity contribution >= 4 is 23.3 Å². The van der Waals surface area contributed by atoms with Gasteiger partial charge < -0.3 is 20.7 Å². The van der Waals surface area contributed by atoms with Crippen LogP contribution in [0, 0.1) is 0 Å². The number of halogens is 1. The molecule has 25 heavy (non-hydrogen) atoms. The second-order valence-corrected chi connectivity index (χ2v) is 6.52. The van der Waals surface area contributed by atoms with E-state index in [9.17, 15) is 4.79 Å². The number of hydrogen-bond acceptors (Lipinski definition) is 3. The van der Waals surface area contributed by atoms with E-state index >= 15 is 0 Å². The summed E-state index contributed by atoms with van der Waals surface area (Å²) < 4.78 is 5.22. The second kappa shape index (κ2) is 8.23. The van der Waals surface area contributed by atoms with E-state index in [0.29, 0.717) is 10.7 Å². The summed E-state index contributed by atoms with van der Waals surface area (Å²) in [5, 5.41) is 9.92. The van der Waals surface area contributed by atoms with Crippen LogP contribution in [-0.2, 0) is 0 Å². The van der Waals surface area contributed by atoms with Crippen LogP contribution in [0.4, 0.5) is 10.5 Å². The Balaban J connectivity index is 1.65. The number of ether oxygens (including phenoxy) is 1. The zero-order valence-corrected chi connectivity index (χ0v) is 14.8. The summed E-state index contributed by atoms with van der Waals surface area (Å²) in [6.07, 6.45) is 0.970. The van der Waals surface area contributed by atoms with Gasteiger partial charge in [-0.1, -0.05) is 23.7 Å². The van der Waals surface area contributed by atoms with Crippen molar-refractivity contribution in [3.8, 4) is 5.75 Å². The Bertz CT molecular complexity index is 704. The summed E-state index contributed by atoms with van der Waals surface area (Å²) in [5.74, 6) is 1.10. The summed E-state index contributed by atoms with van der Waals surface area (Å²) in [4.78, 5) is 12.3. The number of piperidine rings is 1. The first-order chi connectivity index (χ1) is 12.2. The highest BCUT2D eigenvalue weighted by Crippen LogP contribution is 2.27. The van der Waals surface area contributed by atoms with Crippen molar-refractivity contribution in [1.29, 1.82) is 0 Å². The minimum absolute atomic E-state index is 0.0226. The Morgan fingerprint density at radius 1 is 1.16 bits per heavy atom. The minimum Gasteiger partial charge on any atom is -0.497 e. The fourth-order valence-corrected chi connectivity index (χ4v) is 3.26. The SMILES string of the molecule is COc1ccc(C2CCNC[C@H]2NC(=O)Nc2ccc(Cl)cc2)cc1. The Hall–Kier alpha value is -2.24. The van der Waals surface area contributed by atoms with Crippen LogP contribution in [0.1, 0.15) is 17.9 Å². The lowest BCUT2D eigenvalue weighted by Gasteiger charge is -2.33. The summed E-state index contributed by atoms with van der Waals surface area (Å²) in [7, 11) is 1.66. The summed E-state index contributed by atoms with van der Waals surface area (Å²) in [6, 6.07) is 14.9. The average molecular weight is 360 g/mol. The molecule has 132 valence electrons. The molecule has 1 heterocycles. The van der Waals surface area contributed by atoms with E-state index in [0.717, 1.165) is 25.3 Å². The van der Waals surface area contributed by atoms with E-state index in [-0.39, 0.29) is 18.0 Å². The highest BCUT2D eigenvalue weighted by atomic mass is 35.5. The lowest BCUT2D eigenvalue weighted by Crippen LogP contribution is -2.51. The van der Waals surface area contributed by atoms with Crippen LogP contribution in [0.25, 0.3) is 0 Å². The number of hydrogen-bond donors (Lipinski definition) is 3. The van der Waals surface area contributed by atoms with Crippen LogP contribution < -0.4 is 20.7 Å². The molecule has 2 aromatic rings. The quantitative estimate of drug-likeness (QED) is 0.781. The van der Waals surface area contributed by atoms with E-state index in [4.69, 9.17) is 16.3 Å². The van der Waals surface area contributed by atoms with Crippen molar-refractivity contribution in [3.63, 3.8) is 0 Å². The molecule has 1 unspecified atom stereocenters. The smallest absolute Gasteiger partial charge is 0.319 e. The van der Waals surface area contributed by atoms with Gasteiger partial charge >= 0.3 is 6.03 Å². The molecule has 0 aromatic heterocycles. The number of urea groups is 1. The normalized spacial score (nSPS) is 19.9. The van der Waals surface area contributed by atoms with Gasteiger partial charge in [-0.15, -0.1) is 0 Å². The lowest BCUT2D eigenvalue weighted by molar-refractivity contribution is 0.242. The van der Waals surface area contributed by atoms with E-state index in [1.807, 2.05) is 12.1 Å². The number of benzene rings is 2. The zero-order valence-electron chi connectivity index (χ0n) is 14.1. The molecule has 1 aliphatic heterocycles. The number of carbonyl (C=O) groups excluding carboxylic acids is 1. The maximum atomic E-state index is 12.3. The minimum atomic E-state index is -0.213. The molecule has 0 spiro atoms. The van der Waals surface area contributed by atoms with E-state index in [2.05, 4.69) is 28.1 Å². The molecular formula is C19H22ClN3O2. The van der Waals surface area contributed by atoms with Crippen LogP contribution in [-0.4, -0.2) is 32.3 Å². The van der Waals surface area contributed by atoms with Crippen molar-refractivity contribution < 1.29 is 9.53 Å². The van der Waals surface area contributed by atoms with Gasteiger partial charge in [0.15, 0.2) is 0 Å². The third kappa shape index (κ3) is 4.65. The van der Waals surface area contributed by atoms with E-state index in [1.165, 1.54) is 5.56 Å². The van der Waals surface area contributed by atoms with Crippen LogP contribution in [0.2, 0.25) is 5.02 Å². The zero-order chi connectivity index (χ0) is 17.6. The molecule has 2 amide bonds. The predicted octanol–water partition coefficient (Wildman–Crippen LogP) is 3.62. The number of amides is 2. The Morgan fingerprint density at radius 3 is 2.56 bits per heavy atom. The first-order valence-corrected chi connectivity index (χ1v) is 8.71. The third-order valence-corrected chi connectivity index (χ3v) is 4.70. The summed E-state index contributed by atoms with van der Waals surface area (Å²) in [5.41, 5.74) is 1.92. The molecule has 0 aliphatic carbocycles. The predicted molar refractivity (Wildman–Crippen MR) is 101 cm³/mol. The van der Waals surface area contributed by atoms with Gasteiger partial charge in [-0.05, 0) is 54.9 Å². The van der Waals surface area contributed by atoms with Crippen LogP contribution in [0.15, 0.2) is 48.5 Å². The topological polar surface area (TPSA) is 62.4 Å². The molecule has 3 rings (SSSR count). The molecule has 5 nitrogen and oxygen atoms in total. The van der Waals surface area contributed by atoms with Crippen molar-refractivity contribution in [1.82, 2.24) is 10.6 Å². The molecule has 1 aliphatic rings. The molecule has 6 heteroatoms. The van der Waals surface area contributed by atoms with Crippen LogP contribution in [0.3, 0.4) is 0 Å². The highest BCUT2D eigenvalue weighted by molar-refractivity contribution is 6.30. The van der Waals surface area contributed by atoms with E-state index < -0.39 is 0 Å². The first kappa shape index (κ1) is 17.6. The fraction of sp³-hybridized carbons (Fsp3) is 0.316. The van der Waals surface area contributed by atoms with Crippen molar-refractivity contribution in [2.45, 2.75) is 18.4 Å². The molecule has 1 saturated heterocycles. The number of nitrogens with one attached hydrogen (secondary N) is 3. The molecule has 0 saturated carbocycles. The maximum Gasteiger partial charge on any atom is 0.319 e. The number of anilines is 1. The molecule has 3 N–H and O–H groups in total. The van der Waals surface area contributed by atoms with Gasteiger partial charge in [0.1, 0.15) is 5.75 Å². The number of methoxy groups -OCH3 is 1. The largest absolute Gasteiger partial charge is 0.497 e. The van der Waals surface area contributed by atoms with Gasteiger partial charge in [0, 0.05) is 29.2 Å². The summed E-state index contributed by atoms with van der Waals surface area (Å²) >= 11 is 5.87. The highest BCUT2D eigenvalue weighted by Gasteiger charge is 2.27. The maximum absolute atomic E-state index is 12.3. The Morgan fingerprint density at radius 2 is 1.88 bits per heavy atom. The molecule has 2 atom stereocenters. The summed E-state index contributed by atoms with van der Waals surface area (Å²) in [6.45, 7) is 1.68. The van der Waals surface area contributed by atoms with Crippen LogP contribution in [0.5, 0.6) is 5.75 Å². The van der Waals surface area contributed by atoms with Gasteiger partial charge in [-0.2, -0.15) is 0 Å². The second-order valence-electron chi connectivity index (χ2n) is 6.08. The van der Waals surface area contributed by atoms with Crippen molar-refractivity contribution in [2.75, 3.05) is 25.5 Å². The first-order valence-electron chi connectivity index (χ1n) is 8.33. The fourth-order valence-electron chi connectivity index (χ4n) is 3.13.